The second kappa shape index (κ2) is 12.6. The summed E-state index contributed by atoms with van der Waals surface area (Å²) in [4.78, 5) is 5.05. The van der Waals surface area contributed by atoms with Crippen LogP contribution in [0.5, 0.6) is 0 Å². The molecule has 1 aliphatic rings. The standard InChI is InChI=1S/C41H34N.Ir/c1-3-7-28-13-17-30(18-14-28)36-24-37(31-19-15-29(8-4-2)16-20-31)26-38(25-36)33-10-5-11-34(23-33)40-27-35-22-21-32-9-6-12-39(42-40)41(32)35;/h5-6,9-10,12-27H,3-4,7-8H2,1-2H3;/q-1;. The molecule has 0 N–H and O–H groups in total. The first kappa shape index (κ1) is 29.0. The van der Waals surface area contributed by atoms with Gasteiger partial charge in [-0.25, -0.2) is 0 Å². The SMILES string of the molecule is CCCc1ccc(-c2cc(-c3ccc(CCC)cc3)cc(-c3cc[c-]c(-c4cc5c6c(cccc6n4)C=C5)c3)c2)cc1.[Ir]. The largest absolute Gasteiger partial charge is 0.296 e. The van der Waals surface area contributed by atoms with Crippen molar-refractivity contribution in [3.8, 4) is 44.6 Å². The predicted octanol–water partition coefficient (Wildman–Crippen LogP) is 11.1. The summed E-state index contributed by atoms with van der Waals surface area (Å²) in [5, 5.41) is 1.24. The summed E-state index contributed by atoms with van der Waals surface area (Å²) >= 11 is 0. The topological polar surface area (TPSA) is 12.9 Å². The molecule has 0 aliphatic heterocycles. The maximum Gasteiger partial charge on any atom is 0.0607 e. The van der Waals surface area contributed by atoms with Gasteiger partial charge < -0.3 is 0 Å². The van der Waals surface area contributed by atoms with Crippen LogP contribution >= 0.6 is 0 Å². The molecular weight excluding hydrogens is 699 g/mol. The van der Waals surface area contributed by atoms with Crippen LogP contribution in [-0.2, 0) is 32.9 Å². The molecule has 0 fully saturated rings. The number of aromatic nitrogens is 1. The summed E-state index contributed by atoms with van der Waals surface area (Å²) < 4.78 is 0. The number of rotatable bonds is 8. The molecular formula is C41H34IrN-. The fourth-order valence-electron chi connectivity index (χ4n) is 6.16. The van der Waals surface area contributed by atoms with Crippen LogP contribution in [0.1, 0.15) is 48.9 Å². The van der Waals surface area contributed by atoms with Crippen molar-refractivity contribution < 1.29 is 20.1 Å². The van der Waals surface area contributed by atoms with Gasteiger partial charge in [-0.1, -0.05) is 106 Å². The quantitative estimate of drug-likeness (QED) is 0.142. The zero-order chi connectivity index (χ0) is 28.5. The van der Waals surface area contributed by atoms with Crippen LogP contribution in [-0.4, -0.2) is 4.98 Å². The first-order valence-corrected chi connectivity index (χ1v) is 15.2. The molecule has 7 rings (SSSR count). The summed E-state index contributed by atoms with van der Waals surface area (Å²) in [5.74, 6) is 0. The number of nitrogens with zero attached hydrogens (tertiary/aromatic N) is 1. The molecule has 0 atom stereocenters. The van der Waals surface area contributed by atoms with E-state index in [1.807, 2.05) is 6.07 Å². The first-order valence-electron chi connectivity index (χ1n) is 15.2. The van der Waals surface area contributed by atoms with Crippen LogP contribution in [0.15, 0.2) is 109 Å². The van der Waals surface area contributed by atoms with Crippen molar-refractivity contribution in [2.24, 2.45) is 0 Å². The molecule has 6 aromatic rings. The number of benzene rings is 5. The van der Waals surface area contributed by atoms with E-state index in [0.29, 0.717) is 0 Å². The van der Waals surface area contributed by atoms with Gasteiger partial charge in [-0.15, -0.1) is 35.4 Å². The zero-order valence-corrected chi connectivity index (χ0v) is 27.1. The van der Waals surface area contributed by atoms with Crippen molar-refractivity contribution >= 4 is 23.1 Å². The summed E-state index contributed by atoms with van der Waals surface area (Å²) in [6.45, 7) is 4.47. The van der Waals surface area contributed by atoms with Crippen LogP contribution in [0.2, 0.25) is 0 Å². The normalized spacial score (nSPS) is 11.6. The van der Waals surface area contributed by atoms with Gasteiger partial charge >= 0.3 is 0 Å². The third-order valence-electron chi connectivity index (χ3n) is 8.33. The van der Waals surface area contributed by atoms with Gasteiger partial charge in [0.1, 0.15) is 0 Å². The molecule has 1 aliphatic carbocycles. The van der Waals surface area contributed by atoms with Crippen LogP contribution in [0.4, 0.5) is 0 Å². The Morgan fingerprint density at radius 2 is 1.14 bits per heavy atom. The van der Waals surface area contributed by atoms with E-state index in [4.69, 9.17) is 4.98 Å². The number of hydrogen-bond donors (Lipinski definition) is 0. The first-order chi connectivity index (χ1) is 20.7. The minimum Gasteiger partial charge on any atom is -0.296 e. The second-order valence-corrected chi connectivity index (χ2v) is 11.4. The zero-order valence-electron chi connectivity index (χ0n) is 24.7. The van der Waals surface area contributed by atoms with Gasteiger partial charge in [-0.2, -0.15) is 0 Å². The predicted molar refractivity (Wildman–Crippen MR) is 179 cm³/mol. The molecule has 1 aromatic heterocycles. The van der Waals surface area contributed by atoms with Gasteiger partial charge in [0, 0.05) is 25.5 Å². The maximum absolute atomic E-state index is 5.05. The Morgan fingerprint density at radius 1 is 0.558 bits per heavy atom. The van der Waals surface area contributed by atoms with E-state index in [9.17, 15) is 0 Å². The number of hydrogen-bond acceptors (Lipinski definition) is 1. The minimum absolute atomic E-state index is 0. The van der Waals surface area contributed by atoms with E-state index in [2.05, 4.69) is 135 Å². The molecule has 0 amide bonds. The average molecular weight is 733 g/mol. The molecule has 0 bridgehead atoms. The average Bonchev–Trinajstić information content (AvgIpc) is 3.46. The number of pyridine rings is 1. The molecule has 0 spiro atoms. The van der Waals surface area contributed by atoms with E-state index >= 15 is 0 Å². The molecule has 213 valence electrons. The third-order valence-corrected chi connectivity index (χ3v) is 8.33. The molecule has 0 saturated heterocycles. The van der Waals surface area contributed by atoms with Gasteiger partial charge in [-0.05, 0) is 92.9 Å². The molecule has 1 heterocycles. The van der Waals surface area contributed by atoms with Gasteiger partial charge in [0.15, 0.2) is 0 Å². The summed E-state index contributed by atoms with van der Waals surface area (Å²) in [5.41, 5.74) is 15.6. The minimum atomic E-state index is 0. The molecule has 2 heteroatoms. The van der Waals surface area contributed by atoms with E-state index in [1.54, 1.807) is 0 Å². The molecule has 5 aromatic carbocycles. The Morgan fingerprint density at radius 3 is 1.74 bits per heavy atom. The van der Waals surface area contributed by atoms with E-state index in [-0.39, 0.29) is 20.1 Å². The van der Waals surface area contributed by atoms with E-state index < -0.39 is 0 Å². The second-order valence-electron chi connectivity index (χ2n) is 11.4. The number of aryl methyl sites for hydroxylation is 2. The Kier molecular flexibility index (Phi) is 8.52. The Labute approximate surface area is 268 Å². The Balaban J connectivity index is 0.00000329. The molecule has 1 radical (unpaired) electrons. The van der Waals surface area contributed by atoms with E-state index in [1.165, 1.54) is 61.0 Å². The molecule has 0 saturated carbocycles. The van der Waals surface area contributed by atoms with Crippen LogP contribution < -0.4 is 0 Å². The van der Waals surface area contributed by atoms with Crippen molar-refractivity contribution in [2.45, 2.75) is 39.5 Å². The van der Waals surface area contributed by atoms with Crippen molar-refractivity contribution in [1.29, 1.82) is 0 Å². The molecule has 1 nitrogen and oxygen atoms in total. The van der Waals surface area contributed by atoms with Crippen molar-refractivity contribution in [2.75, 3.05) is 0 Å². The fraction of sp³-hybridized carbons (Fsp3) is 0.146. The van der Waals surface area contributed by atoms with Crippen molar-refractivity contribution in [3.05, 3.63) is 138 Å². The van der Waals surface area contributed by atoms with Gasteiger partial charge in [-0.3, -0.25) is 4.98 Å². The maximum atomic E-state index is 5.05. The van der Waals surface area contributed by atoms with Gasteiger partial charge in [0.2, 0.25) is 0 Å². The summed E-state index contributed by atoms with van der Waals surface area (Å²) in [7, 11) is 0. The van der Waals surface area contributed by atoms with E-state index in [0.717, 1.165) is 42.5 Å². The molecule has 43 heavy (non-hydrogen) atoms. The fourth-order valence-corrected chi connectivity index (χ4v) is 6.16. The summed E-state index contributed by atoms with van der Waals surface area (Å²) in [6.07, 6.45) is 8.91. The molecule has 0 unspecified atom stereocenters. The van der Waals surface area contributed by atoms with Crippen LogP contribution in [0.25, 0.3) is 67.7 Å². The summed E-state index contributed by atoms with van der Waals surface area (Å²) in [6, 6.07) is 43.6. The smallest absolute Gasteiger partial charge is 0.0607 e. The van der Waals surface area contributed by atoms with Gasteiger partial charge in [0.05, 0.1) is 5.52 Å². The van der Waals surface area contributed by atoms with Crippen LogP contribution in [0.3, 0.4) is 0 Å². The van der Waals surface area contributed by atoms with Crippen molar-refractivity contribution in [1.82, 2.24) is 4.98 Å². The van der Waals surface area contributed by atoms with Gasteiger partial charge in [0.25, 0.3) is 0 Å². The Hall–Kier alpha value is -4.10. The third kappa shape index (κ3) is 5.91. The monoisotopic (exact) mass is 733 g/mol. The Bertz CT molecular complexity index is 1860. The van der Waals surface area contributed by atoms with Crippen molar-refractivity contribution in [3.63, 3.8) is 0 Å². The van der Waals surface area contributed by atoms with Crippen LogP contribution in [0, 0.1) is 6.07 Å².